The highest BCUT2D eigenvalue weighted by atomic mass is 16.7. The minimum absolute atomic E-state index is 0.0114. The Morgan fingerprint density at radius 1 is 1.08 bits per heavy atom. The lowest BCUT2D eigenvalue weighted by Crippen LogP contribution is -2.88. The molecule has 0 aromatic heterocycles. The van der Waals surface area contributed by atoms with Crippen LogP contribution in [0.25, 0.3) is 0 Å². The predicted molar refractivity (Wildman–Crippen MR) is 142 cm³/mol. The smallest absolute Gasteiger partial charge is 0.216 e. The van der Waals surface area contributed by atoms with Crippen molar-refractivity contribution < 1.29 is 39.5 Å². The third-order valence-electron chi connectivity index (χ3n) is 9.84. The number of carbonyl (C=O) groups excluding carboxylic acids is 3. The SMILES string of the molecule is CC(C)=CC[C@H]1C[C@@]23C[C@H](O)C(C)(C)O[C@@]2(O)[C@](O)(CCC(C)(C)O)C(=O)[C@](C(=O)C(C)C)(C3=O)C1(C)C. The summed E-state index contributed by atoms with van der Waals surface area (Å²) < 4.78 is 6.11. The molecule has 8 heteroatoms. The molecule has 38 heavy (non-hydrogen) atoms. The zero-order chi connectivity index (χ0) is 29.5. The van der Waals surface area contributed by atoms with E-state index in [1.807, 2.05) is 19.9 Å². The third-order valence-corrected chi connectivity index (χ3v) is 9.84. The lowest BCUT2D eigenvalue weighted by molar-refractivity contribution is -0.415. The summed E-state index contributed by atoms with van der Waals surface area (Å²) in [7, 11) is 0. The normalized spacial score (nSPS) is 40.1. The van der Waals surface area contributed by atoms with Gasteiger partial charge in [-0.2, -0.15) is 0 Å². The molecule has 0 aromatic rings. The van der Waals surface area contributed by atoms with Gasteiger partial charge in [-0.1, -0.05) is 39.3 Å². The molecular weight excluding hydrogens is 488 g/mol. The highest BCUT2D eigenvalue weighted by Crippen LogP contribution is 2.71. The number of carbonyl (C=O) groups is 3. The van der Waals surface area contributed by atoms with Gasteiger partial charge in [0.2, 0.25) is 5.79 Å². The molecule has 0 unspecified atom stereocenters. The van der Waals surface area contributed by atoms with Gasteiger partial charge in [-0.25, -0.2) is 0 Å². The number of ether oxygens (including phenoxy) is 1. The second-order valence-electron chi connectivity index (χ2n) is 14.4. The predicted octanol–water partition coefficient (Wildman–Crippen LogP) is 3.27. The largest absolute Gasteiger partial charge is 0.390 e. The Morgan fingerprint density at radius 3 is 2.11 bits per heavy atom. The number of aliphatic hydroxyl groups is 4. The fourth-order valence-corrected chi connectivity index (χ4v) is 7.30. The van der Waals surface area contributed by atoms with Gasteiger partial charge in [0.05, 0.1) is 22.7 Å². The van der Waals surface area contributed by atoms with Crippen molar-refractivity contribution in [2.75, 3.05) is 0 Å². The number of allylic oxidation sites excluding steroid dienone is 2. The molecule has 0 amide bonds. The highest BCUT2D eigenvalue weighted by Gasteiger charge is 2.87. The molecule has 3 rings (SSSR count). The van der Waals surface area contributed by atoms with E-state index in [-0.39, 0.29) is 19.3 Å². The first kappa shape index (κ1) is 31.1. The monoisotopic (exact) mass is 536 g/mol. The van der Waals surface area contributed by atoms with Crippen LogP contribution in [0.2, 0.25) is 0 Å². The second-order valence-corrected chi connectivity index (χ2v) is 14.4. The maximum absolute atomic E-state index is 14.8. The van der Waals surface area contributed by atoms with E-state index in [9.17, 15) is 34.8 Å². The van der Waals surface area contributed by atoms with Gasteiger partial charge < -0.3 is 25.2 Å². The Morgan fingerprint density at radius 2 is 1.63 bits per heavy atom. The molecule has 2 bridgehead atoms. The van der Waals surface area contributed by atoms with Gasteiger partial charge in [0, 0.05) is 5.92 Å². The van der Waals surface area contributed by atoms with Crippen LogP contribution < -0.4 is 0 Å². The second kappa shape index (κ2) is 9.03. The summed E-state index contributed by atoms with van der Waals surface area (Å²) in [6, 6.07) is 0. The van der Waals surface area contributed by atoms with Crippen LogP contribution in [-0.4, -0.2) is 66.5 Å². The summed E-state index contributed by atoms with van der Waals surface area (Å²) in [5.74, 6) is -6.34. The number of hydrogen-bond acceptors (Lipinski definition) is 8. The van der Waals surface area contributed by atoms with Gasteiger partial charge >= 0.3 is 0 Å². The Balaban J connectivity index is 2.47. The van der Waals surface area contributed by atoms with E-state index in [0.29, 0.717) is 6.42 Å². The van der Waals surface area contributed by atoms with Crippen LogP contribution >= 0.6 is 0 Å². The molecule has 3 fully saturated rings. The molecule has 2 aliphatic carbocycles. The number of rotatable bonds is 7. The number of fused-ring (bicyclic) bond motifs is 1. The van der Waals surface area contributed by atoms with Crippen LogP contribution in [0.3, 0.4) is 0 Å². The van der Waals surface area contributed by atoms with Crippen LogP contribution in [0.1, 0.15) is 101 Å². The van der Waals surface area contributed by atoms with Gasteiger partial charge in [-0.05, 0) is 85.0 Å². The molecule has 1 aliphatic heterocycles. The zero-order valence-electron chi connectivity index (χ0n) is 24.8. The van der Waals surface area contributed by atoms with Gasteiger partial charge in [0.1, 0.15) is 0 Å². The van der Waals surface area contributed by atoms with Crippen molar-refractivity contribution in [3.05, 3.63) is 11.6 Å². The van der Waals surface area contributed by atoms with Crippen molar-refractivity contribution in [3.8, 4) is 0 Å². The zero-order valence-corrected chi connectivity index (χ0v) is 24.8. The van der Waals surface area contributed by atoms with E-state index >= 15 is 0 Å². The van der Waals surface area contributed by atoms with Crippen molar-refractivity contribution in [1.82, 2.24) is 0 Å². The molecule has 0 radical (unpaired) electrons. The standard InChI is InChI=1S/C30H48O8/c1-17(2)11-12-19-15-27-16-20(31)26(9,10)38-30(27,37)28(36,14-13-24(5,6)35)23(34)29(22(27)33,25(19,7)8)21(32)18(3)4/h11,18-20,31,35-37H,12-16H2,1-10H3/t19-,20-,27-,28-,29-,30+/m0/s1. The average molecular weight is 537 g/mol. The summed E-state index contributed by atoms with van der Waals surface area (Å²) in [5, 5.41) is 46.6. The van der Waals surface area contributed by atoms with Gasteiger partial charge in [0.15, 0.2) is 28.4 Å². The topological polar surface area (TPSA) is 141 Å². The molecule has 1 heterocycles. The lowest BCUT2D eigenvalue weighted by Gasteiger charge is -2.71. The van der Waals surface area contributed by atoms with Gasteiger partial charge in [0.25, 0.3) is 0 Å². The lowest BCUT2D eigenvalue weighted by atomic mass is 9.34. The summed E-state index contributed by atoms with van der Waals surface area (Å²) in [6.45, 7) is 16.6. The fraction of sp³-hybridized carbons (Fsp3) is 0.833. The number of aliphatic hydroxyl groups excluding tert-OH is 1. The maximum atomic E-state index is 14.8. The first-order valence-corrected chi connectivity index (χ1v) is 13.8. The van der Waals surface area contributed by atoms with Gasteiger partial charge in [-0.3, -0.25) is 14.4 Å². The Labute approximate surface area is 226 Å². The molecule has 1 spiro atoms. The number of hydrogen-bond donors (Lipinski definition) is 4. The molecule has 8 nitrogen and oxygen atoms in total. The molecule has 1 saturated heterocycles. The Bertz CT molecular complexity index is 1040. The van der Waals surface area contributed by atoms with E-state index in [0.717, 1.165) is 5.57 Å². The van der Waals surface area contributed by atoms with Crippen molar-refractivity contribution in [3.63, 3.8) is 0 Å². The van der Waals surface area contributed by atoms with Crippen LogP contribution in [0, 0.1) is 28.1 Å². The van der Waals surface area contributed by atoms with Crippen molar-refractivity contribution in [2.45, 2.75) is 130 Å². The first-order chi connectivity index (χ1) is 17.0. The molecular formula is C30H48O8. The maximum Gasteiger partial charge on any atom is 0.216 e. The molecule has 0 aromatic carbocycles. The molecule has 6 atom stereocenters. The van der Waals surface area contributed by atoms with Crippen LogP contribution in [-0.2, 0) is 19.1 Å². The van der Waals surface area contributed by atoms with Crippen molar-refractivity contribution in [2.24, 2.45) is 28.1 Å². The minimum Gasteiger partial charge on any atom is -0.390 e. The van der Waals surface area contributed by atoms with E-state index in [1.165, 1.54) is 27.7 Å². The van der Waals surface area contributed by atoms with Gasteiger partial charge in [-0.15, -0.1) is 0 Å². The molecule has 216 valence electrons. The third kappa shape index (κ3) is 3.92. The van der Waals surface area contributed by atoms with Crippen molar-refractivity contribution in [1.29, 1.82) is 0 Å². The first-order valence-electron chi connectivity index (χ1n) is 13.8. The van der Waals surface area contributed by atoms with Crippen LogP contribution in [0.4, 0.5) is 0 Å². The van der Waals surface area contributed by atoms with E-state index in [4.69, 9.17) is 4.74 Å². The summed E-state index contributed by atoms with van der Waals surface area (Å²) >= 11 is 0. The molecule has 3 aliphatic rings. The van der Waals surface area contributed by atoms with E-state index < -0.39 is 80.5 Å². The Kier molecular flexibility index (Phi) is 7.39. The molecule has 2 saturated carbocycles. The summed E-state index contributed by atoms with van der Waals surface area (Å²) in [6.07, 6.45) is 0.393. The summed E-state index contributed by atoms with van der Waals surface area (Å²) in [4.78, 5) is 43.9. The number of Topliss-reactive ketones (excluding diaryl/α,β-unsaturated/α-hetero) is 3. The van der Waals surface area contributed by atoms with Crippen LogP contribution in [0.5, 0.6) is 0 Å². The quantitative estimate of drug-likeness (QED) is 0.287. The summed E-state index contributed by atoms with van der Waals surface area (Å²) in [5.41, 5.74) is -9.82. The van der Waals surface area contributed by atoms with Crippen LogP contribution in [0.15, 0.2) is 11.6 Å². The minimum atomic E-state index is -2.72. The van der Waals surface area contributed by atoms with E-state index in [1.54, 1.807) is 27.7 Å². The number of ketones is 3. The average Bonchev–Trinajstić information content (AvgIpc) is 2.75. The molecule has 4 N–H and O–H groups in total. The fourth-order valence-electron chi connectivity index (χ4n) is 7.30. The van der Waals surface area contributed by atoms with Crippen molar-refractivity contribution >= 4 is 17.3 Å². The van der Waals surface area contributed by atoms with E-state index in [2.05, 4.69) is 0 Å². The Hall–Kier alpha value is -1.45. The highest BCUT2D eigenvalue weighted by molar-refractivity contribution is 6.31.